The molecule has 0 heterocycles. The Balaban J connectivity index is 3.06. The molecule has 0 amide bonds. The highest BCUT2D eigenvalue weighted by molar-refractivity contribution is 7.87. The SMILES string of the molecule is CCN(C)S(=O)(=O)NC[C@H](NS(=O)(=O)N(C)CC)[C@@H](C)c1ccccc1. The van der Waals surface area contributed by atoms with Gasteiger partial charge in [0.1, 0.15) is 0 Å². The van der Waals surface area contributed by atoms with E-state index < -0.39 is 26.5 Å². The molecule has 1 aromatic carbocycles. The minimum Gasteiger partial charge on any atom is -0.201 e. The first-order valence-electron chi connectivity index (χ1n) is 8.54. The zero-order valence-corrected chi connectivity index (χ0v) is 17.6. The molecule has 1 aromatic rings. The molecule has 0 spiro atoms. The zero-order chi connectivity index (χ0) is 20.0. The Morgan fingerprint density at radius 3 is 1.92 bits per heavy atom. The predicted molar refractivity (Wildman–Crippen MR) is 104 cm³/mol. The second kappa shape index (κ2) is 9.77. The summed E-state index contributed by atoms with van der Waals surface area (Å²) in [4.78, 5) is 0. The van der Waals surface area contributed by atoms with E-state index in [0.29, 0.717) is 13.1 Å². The number of rotatable bonds is 11. The van der Waals surface area contributed by atoms with Gasteiger partial charge >= 0.3 is 0 Å². The lowest BCUT2D eigenvalue weighted by molar-refractivity contribution is 0.430. The van der Waals surface area contributed by atoms with E-state index in [1.54, 1.807) is 13.8 Å². The highest BCUT2D eigenvalue weighted by Gasteiger charge is 2.28. The van der Waals surface area contributed by atoms with Crippen molar-refractivity contribution >= 4 is 20.4 Å². The van der Waals surface area contributed by atoms with Crippen LogP contribution in [0.15, 0.2) is 30.3 Å². The fourth-order valence-electron chi connectivity index (χ4n) is 2.24. The normalized spacial score (nSPS) is 15.3. The maximum Gasteiger partial charge on any atom is 0.279 e. The third-order valence-corrected chi connectivity index (χ3v) is 7.72. The molecule has 0 saturated carbocycles. The minimum absolute atomic E-state index is 0.0560. The Hall–Kier alpha value is -1.04. The van der Waals surface area contributed by atoms with Crippen molar-refractivity contribution in [2.75, 3.05) is 33.7 Å². The molecule has 0 fully saturated rings. The summed E-state index contributed by atoms with van der Waals surface area (Å²) in [6.45, 7) is 5.90. The topological polar surface area (TPSA) is 98.8 Å². The maximum absolute atomic E-state index is 12.4. The summed E-state index contributed by atoms with van der Waals surface area (Å²) in [6.07, 6.45) is 0. The molecule has 1 rings (SSSR count). The molecule has 2 atom stereocenters. The van der Waals surface area contributed by atoms with E-state index in [2.05, 4.69) is 9.44 Å². The highest BCUT2D eigenvalue weighted by atomic mass is 32.2. The molecule has 0 aliphatic carbocycles. The first-order valence-corrected chi connectivity index (χ1v) is 11.4. The van der Waals surface area contributed by atoms with Gasteiger partial charge in [0.05, 0.1) is 0 Å². The molecule has 26 heavy (non-hydrogen) atoms. The molecule has 0 saturated heterocycles. The first-order chi connectivity index (χ1) is 12.0. The average molecular weight is 407 g/mol. The van der Waals surface area contributed by atoms with Gasteiger partial charge in [-0.1, -0.05) is 51.1 Å². The van der Waals surface area contributed by atoms with Crippen molar-refractivity contribution < 1.29 is 16.8 Å². The van der Waals surface area contributed by atoms with E-state index in [1.165, 1.54) is 22.7 Å². The lowest BCUT2D eigenvalue weighted by atomic mass is 9.94. The van der Waals surface area contributed by atoms with Crippen molar-refractivity contribution in [3.05, 3.63) is 35.9 Å². The predicted octanol–water partition coefficient (Wildman–Crippen LogP) is 0.731. The van der Waals surface area contributed by atoms with E-state index >= 15 is 0 Å². The summed E-state index contributed by atoms with van der Waals surface area (Å²) in [5, 5.41) is 0. The largest absolute Gasteiger partial charge is 0.279 e. The fraction of sp³-hybridized carbons (Fsp3) is 0.625. The molecule has 0 aromatic heterocycles. The summed E-state index contributed by atoms with van der Waals surface area (Å²) < 4.78 is 56.8. The number of benzene rings is 1. The van der Waals surface area contributed by atoms with Crippen LogP contribution in [-0.4, -0.2) is 65.2 Å². The van der Waals surface area contributed by atoms with Crippen molar-refractivity contribution in [2.24, 2.45) is 0 Å². The number of hydrogen-bond donors (Lipinski definition) is 2. The van der Waals surface area contributed by atoms with Crippen LogP contribution in [0.3, 0.4) is 0 Å². The molecule has 0 aliphatic rings. The van der Waals surface area contributed by atoms with E-state index in [-0.39, 0.29) is 12.5 Å². The summed E-state index contributed by atoms with van der Waals surface area (Å²) >= 11 is 0. The van der Waals surface area contributed by atoms with Crippen molar-refractivity contribution in [3.8, 4) is 0 Å². The van der Waals surface area contributed by atoms with Gasteiger partial charge in [-0.25, -0.2) is 4.72 Å². The third kappa shape index (κ3) is 6.29. The Bertz CT molecular complexity index is 754. The van der Waals surface area contributed by atoms with Crippen LogP contribution in [0, 0.1) is 0 Å². The van der Waals surface area contributed by atoms with Crippen LogP contribution in [0.2, 0.25) is 0 Å². The molecular weight excluding hydrogens is 376 g/mol. The van der Waals surface area contributed by atoms with Gasteiger partial charge in [0.25, 0.3) is 20.4 Å². The monoisotopic (exact) mass is 406 g/mol. The van der Waals surface area contributed by atoms with Crippen LogP contribution in [0.25, 0.3) is 0 Å². The number of hydrogen-bond acceptors (Lipinski definition) is 4. The zero-order valence-electron chi connectivity index (χ0n) is 16.0. The Labute approximate surface area is 157 Å². The van der Waals surface area contributed by atoms with Crippen molar-refractivity contribution in [1.82, 2.24) is 18.1 Å². The second-order valence-corrected chi connectivity index (χ2v) is 9.78. The molecule has 10 heteroatoms. The number of nitrogens with one attached hydrogen (secondary N) is 2. The van der Waals surface area contributed by atoms with Gasteiger partial charge in [0.15, 0.2) is 0 Å². The van der Waals surface area contributed by atoms with Gasteiger partial charge in [-0.3, -0.25) is 0 Å². The van der Waals surface area contributed by atoms with E-state index in [0.717, 1.165) is 5.56 Å². The molecule has 150 valence electrons. The smallest absolute Gasteiger partial charge is 0.201 e. The summed E-state index contributed by atoms with van der Waals surface area (Å²) in [5.74, 6) is -0.231. The summed E-state index contributed by atoms with van der Waals surface area (Å²) in [6, 6.07) is 8.75. The highest BCUT2D eigenvalue weighted by Crippen LogP contribution is 2.20. The minimum atomic E-state index is -3.72. The van der Waals surface area contributed by atoms with E-state index in [9.17, 15) is 16.8 Å². The van der Waals surface area contributed by atoms with E-state index in [4.69, 9.17) is 0 Å². The van der Waals surface area contributed by atoms with Gasteiger partial charge < -0.3 is 0 Å². The van der Waals surface area contributed by atoms with Gasteiger partial charge in [0, 0.05) is 39.8 Å². The fourth-order valence-corrected chi connectivity index (χ4v) is 4.38. The van der Waals surface area contributed by atoms with Crippen molar-refractivity contribution in [2.45, 2.75) is 32.7 Å². The van der Waals surface area contributed by atoms with Gasteiger partial charge in [0.2, 0.25) is 0 Å². The molecule has 2 N–H and O–H groups in total. The van der Waals surface area contributed by atoms with Crippen LogP contribution in [-0.2, 0) is 20.4 Å². The molecule has 8 nitrogen and oxygen atoms in total. The molecule has 0 unspecified atom stereocenters. The third-order valence-electron chi connectivity index (χ3n) is 4.43. The standard InChI is InChI=1S/C16H30N4O4S2/c1-6-19(4)25(21,22)17-13-16(18-26(23,24)20(5)7-2)14(3)15-11-9-8-10-12-15/h8-12,14,16-18H,6-7,13H2,1-5H3/t14-,16-/m0/s1. The summed E-state index contributed by atoms with van der Waals surface area (Å²) in [7, 11) is -4.45. The lowest BCUT2D eigenvalue weighted by Crippen LogP contribution is -2.51. The first kappa shape index (κ1) is 23.0. The average Bonchev–Trinajstić information content (AvgIpc) is 2.63. The van der Waals surface area contributed by atoms with Crippen LogP contribution in [0.4, 0.5) is 0 Å². The van der Waals surface area contributed by atoms with Crippen molar-refractivity contribution in [1.29, 1.82) is 0 Å². The van der Waals surface area contributed by atoms with Crippen LogP contribution in [0.1, 0.15) is 32.3 Å². The van der Waals surface area contributed by atoms with Gasteiger partial charge in [-0.2, -0.15) is 30.2 Å². The molecular formula is C16H30N4O4S2. The van der Waals surface area contributed by atoms with Crippen molar-refractivity contribution in [3.63, 3.8) is 0 Å². The Morgan fingerprint density at radius 2 is 1.42 bits per heavy atom. The maximum atomic E-state index is 12.4. The van der Waals surface area contributed by atoms with Crippen LogP contribution >= 0.6 is 0 Å². The molecule has 0 aliphatic heterocycles. The molecule has 0 radical (unpaired) electrons. The van der Waals surface area contributed by atoms with Gasteiger partial charge in [-0.05, 0) is 11.5 Å². The Kier molecular flexibility index (Phi) is 8.64. The Morgan fingerprint density at radius 1 is 0.923 bits per heavy atom. The van der Waals surface area contributed by atoms with Crippen LogP contribution < -0.4 is 9.44 Å². The number of nitrogens with zero attached hydrogens (tertiary/aromatic N) is 2. The van der Waals surface area contributed by atoms with E-state index in [1.807, 2.05) is 37.3 Å². The van der Waals surface area contributed by atoms with Gasteiger partial charge in [-0.15, -0.1) is 0 Å². The molecule has 0 bridgehead atoms. The van der Waals surface area contributed by atoms with Crippen LogP contribution in [0.5, 0.6) is 0 Å². The second-order valence-electron chi connectivity index (χ2n) is 6.11. The quantitative estimate of drug-likeness (QED) is 0.566. The summed E-state index contributed by atoms with van der Waals surface area (Å²) in [5.41, 5.74) is 0.919. The lowest BCUT2D eigenvalue weighted by Gasteiger charge is -2.28.